The number of benzene rings is 1. The van der Waals surface area contributed by atoms with Crippen LogP contribution in [0.2, 0.25) is 0 Å². The van der Waals surface area contributed by atoms with E-state index in [0.717, 1.165) is 11.3 Å². The van der Waals surface area contributed by atoms with Gasteiger partial charge < -0.3 is 10.0 Å². The zero-order chi connectivity index (χ0) is 15.6. The minimum absolute atomic E-state index is 0.0305. The Hall–Kier alpha value is -1.95. The van der Waals surface area contributed by atoms with Crippen molar-refractivity contribution in [2.75, 3.05) is 11.9 Å². The van der Waals surface area contributed by atoms with Crippen LogP contribution in [-0.2, 0) is 6.54 Å². The summed E-state index contributed by atoms with van der Waals surface area (Å²) in [7, 11) is 1.78. The molecular formula is C15H17FN2O2S. The van der Waals surface area contributed by atoms with Gasteiger partial charge in [0.05, 0.1) is 5.69 Å². The fraction of sp³-hybridized carbons (Fsp3) is 0.333. The second-order valence-corrected chi connectivity index (χ2v) is 6.10. The van der Waals surface area contributed by atoms with E-state index in [9.17, 15) is 14.3 Å². The molecule has 0 aliphatic rings. The number of hydrogen-bond donors (Lipinski definition) is 1. The predicted molar refractivity (Wildman–Crippen MR) is 81.7 cm³/mol. The molecule has 0 fully saturated rings. The molecule has 1 N–H and O–H groups in total. The van der Waals surface area contributed by atoms with Crippen LogP contribution < -0.4 is 4.90 Å². The Kier molecular flexibility index (Phi) is 4.57. The predicted octanol–water partition coefficient (Wildman–Crippen LogP) is 3.74. The quantitative estimate of drug-likeness (QED) is 0.914. The minimum atomic E-state index is -0.971. The summed E-state index contributed by atoms with van der Waals surface area (Å²) in [6.07, 6.45) is 0. The van der Waals surface area contributed by atoms with Crippen LogP contribution >= 0.6 is 11.3 Å². The fourth-order valence-corrected chi connectivity index (χ4v) is 3.00. The van der Waals surface area contributed by atoms with E-state index in [1.807, 2.05) is 13.8 Å². The molecule has 4 nitrogen and oxygen atoms in total. The molecule has 0 aliphatic carbocycles. The summed E-state index contributed by atoms with van der Waals surface area (Å²) in [4.78, 5) is 17.7. The number of nitrogens with zero attached hydrogens (tertiary/aromatic N) is 2. The molecule has 0 unspecified atom stereocenters. The summed E-state index contributed by atoms with van der Waals surface area (Å²) in [6, 6.07) is 6.53. The van der Waals surface area contributed by atoms with Gasteiger partial charge >= 0.3 is 5.97 Å². The first-order valence-corrected chi connectivity index (χ1v) is 7.40. The highest BCUT2D eigenvalue weighted by Crippen LogP contribution is 2.31. The van der Waals surface area contributed by atoms with E-state index in [2.05, 4.69) is 4.98 Å². The highest BCUT2D eigenvalue weighted by molar-refractivity contribution is 7.17. The van der Waals surface area contributed by atoms with E-state index in [1.54, 1.807) is 30.1 Å². The molecule has 0 radical (unpaired) electrons. The van der Waals surface area contributed by atoms with Crippen LogP contribution in [0.3, 0.4) is 0 Å². The van der Waals surface area contributed by atoms with Gasteiger partial charge in [-0.3, -0.25) is 0 Å². The van der Waals surface area contributed by atoms with Crippen LogP contribution in [0.25, 0.3) is 0 Å². The first-order valence-electron chi connectivity index (χ1n) is 6.58. The molecule has 0 amide bonds. The Morgan fingerprint density at radius 3 is 2.62 bits per heavy atom. The van der Waals surface area contributed by atoms with Gasteiger partial charge in [0, 0.05) is 19.2 Å². The number of anilines is 1. The molecule has 112 valence electrons. The minimum Gasteiger partial charge on any atom is -0.477 e. The van der Waals surface area contributed by atoms with Gasteiger partial charge in [0.25, 0.3) is 0 Å². The third kappa shape index (κ3) is 3.39. The number of carbonyl (C=O) groups is 1. The average molecular weight is 308 g/mol. The number of carboxylic acid groups (broad SMARTS) is 1. The molecule has 0 saturated heterocycles. The summed E-state index contributed by atoms with van der Waals surface area (Å²) in [5, 5.41) is 9.82. The summed E-state index contributed by atoms with van der Waals surface area (Å²) >= 11 is 1.12. The third-order valence-electron chi connectivity index (χ3n) is 3.08. The van der Waals surface area contributed by atoms with E-state index in [4.69, 9.17) is 0 Å². The van der Waals surface area contributed by atoms with Gasteiger partial charge in [0.15, 0.2) is 5.13 Å². The first-order chi connectivity index (χ1) is 9.90. The Balaban J connectivity index is 2.27. The van der Waals surface area contributed by atoms with E-state index < -0.39 is 5.97 Å². The van der Waals surface area contributed by atoms with Crippen LogP contribution in [-0.4, -0.2) is 23.1 Å². The number of hydrogen-bond acceptors (Lipinski definition) is 4. The molecule has 0 saturated carbocycles. The van der Waals surface area contributed by atoms with Crippen molar-refractivity contribution in [1.82, 2.24) is 4.98 Å². The van der Waals surface area contributed by atoms with Crippen LogP contribution in [0.15, 0.2) is 24.3 Å². The molecule has 21 heavy (non-hydrogen) atoms. The standard InChI is InChI=1S/C15H17FN2O2S/c1-9(2)12-13(14(19)20)21-15(17-12)18(3)8-10-6-4-5-7-11(10)16/h4-7,9H,8H2,1-3H3,(H,19,20). The van der Waals surface area contributed by atoms with E-state index >= 15 is 0 Å². The highest BCUT2D eigenvalue weighted by atomic mass is 32.1. The first kappa shape index (κ1) is 15.4. The van der Waals surface area contributed by atoms with Crippen molar-refractivity contribution in [1.29, 1.82) is 0 Å². The molecule has 1 aromatic carbocycles. The van der Waals surface area contributed by atoms with E-state index in [0.29, 0.717) is 22.9 Å². The van der Waals surface area contributed by atoms with Crippen molar-refractivity contribution in [3.05, 3.63) is 46.2 Å². The van der Waals surface area contributed by atoms with Crippen molar-refractivity contribution in [2.45, 2.75) is 26.3 Å². The molecule has 0 bridgehead atoms. The maximum Gasteiger partial charge on any atom is 0.347 e. The highest BCUT2D eigenvalue weighted by Gasteiger charge is 2.21. The van der Waals surface area contributed by atoms with Crippen LogP contribution in [0.4, 0.5) is 9.52 Å². The molecular weight excluding hydrogens is 291 g/mol. The molecule has 1 heterocycles. The van der Waals surface area contributed by atoms with Crippen molar-refractivity contribution < 1.29 is 14.3 Å². The molecule has 0 atom stereocenters. The lowest BCUT2D eigenvalue weighted by Crippen LogP contribution is -2.17. The molecule has 1 aromatic heterocycles. The maximum atomic E-state index is 13.7. The van der Waals surface area contributed by atoms with Crippen molar-refractivity contribution >= 4 is 22.4 Å². The zero-order valence-corrected chi connectivity index (χ0v) is 12.9. The molecule has 0 aliphatic heterocycles. The lowest BCUT2D eigenvalue weighted by atomic mass is 10.1. The number of rotatable bonds is 5. The average Bonchev–Trinajstić information content (AvgIpc) is 2.87. The van der Waals surface area contributed by atoms with Gasteiger partial charge in [-0.1, -0.05) is 43.4 Å². The van der Waals surface area contributed by atoms with Crippen LogP contribution in [0.1, 0.15) is 40.7 Å². The van der Waals surface area contributed by atoms with Crippen molar-refractivity contribution in [2.24, 2.45) is 0 Å². The van der Waals surface area contributed by atoms with E-state index in [-0.39, 0.29) is 16.6 Å². The van der Waals surface area contributed by atoms with Crippen LogP contribution in [0, 0.1) is 5.82 Å². The van der Waals surface area contributed by atoms with Crippen LogP contribution in [0.5, 0.6) is 0 Å². The van der Waals surface area contributed by atoms with Gasteiger partial charge in [-0.2, -0.15) is 0 Å². The lowest BCUT2D eigenvalue weighted by molar-refractivity contribution is 0.0700. The molecule has 6 heteroatoms. The number of aromatic nitrogens is 1. The Morgan fingerprint density at radius 2 is 2.10 bits per heavy atom. The number of halogens is 1. The Labute approximate surface area is 126 Å². The van der Waals surface area contributed by atoms with Gasteiger partial charge in [-0.25, -0.2) is 14.2 Å². The van der Waals surface area contributed by atoms with Crippen molar-refractivity contribution in [3.63, 3.8) is 0 Å². The van der Waals surface area contributed by atoms with Crippen molar-refractivity contribution in [3.8, 4) is 0 Å². The smallest absolute Gasteiger partial charge is 0.347 e. The Bertz CT molecular complexity index is 655. The third-order valence-corrected chi connectivity index (χ3v) is 4.25. The Morgan fingerprint density at radius 1 is 1.43 bits per heavy atom. The van der Waals surface area contributed by atoms with Gasteiger partial charge in [-0.15, -0.1) is 0 Å². The summed E-state index contributed by atoms with van der Waals surface area (Å²) in [6.45, 7) is 4.15. The molecule has 2 rings (SSSR count). The van der Waals surface area contributed by atoms with Gasteiger partial charge in [0.2, 0.25) is 0 Å². The fourth-order valence-electron chi connectivity index (χ4n) is 1.98. The topological polar surface area (TPSA) is 53.4 Å². The monoisotopic (exact) mass is 308 g/mol. The zero-order valence-electron chi connectivity index (χ0n) is 12.1. The number of thiazole rings is 1. The van der Waals surface area contributed by atoms with E-state index in [1.165, 1.54) is 6.07 Å². The van der Waals surface area contributed by atoms with Gasteiger partial charge in [-0.05, 0) is 12.0 Å². The summed E-state index contributed by atoms with van der Waals surface area (Å²) in [5.41, 5.74) is 1.13. The lowest BCUT2D eigenvalue weighted by Gasteiger charge is -2.16. The largest absolute Gasteiger partial charge is 0.477 e. The second kappa shape index (κ2) is 6.22. The molecule has 0 spiro atoms. The number of aromatic carboxylic acids is 1. The maximum absolute atomic E-state index is 13.7. The normalized spacial score (nSPS) is 10.9. The SMILES string of the molecule is CC(C)c1nc(N(C)Cc2ccccc2F)sc1C(=O)O. The summed E-state index contributed by atoms with van der Waals surface area (Å²) in [5.74, 6) is -1.21. The van der Waals surface area contributed by atoms with Gasteiger partial charge in [0.1, 0.15) is 10.7 Å². The summed E-state index contributed by atoms with van der Waals surface area (Å²) < 4.78 is 13.7. The second-order valence-electron chi connectivity index (χ2n) is 5.12. The number of carboxylic acids is 1. The molecule has 2 aromatic rings.